The molecule has 2 saturated heterocycles. The van der Waals surface area contributed by atoms with Crippen LogP contribution < -0.4 is 17.0 Å². The molecule has 204 valence electrons. The van der Waals surface area contributed by atoms with Crippen LogP contribution in [-0.4, -0.2) is 75.2 Å². The number of aryl methyl sites for hydroxylation is 1. The highest BCUT2D eigenvalue weighted by atomic mass is 31.2. The molecule has 18 heteroatoms. The molecule has 6 heterocycles. The van der Waals surface area contributed by atoms with Gasteiger partial charge in [0.2, 0.25) is 0 Å². The first kappa shape index (κ1) is 25.3. The Morgan fingerprint density at radius 3 is 2.79 bits per heavy atom. The topological polar surface area (TPSA) is 239 Å². The van der Waals surface area contributed by atoms with Crippen molar-refractivity contribution in [2.75, 3.05) is 12.3 Å². The van der Waals surface area contributed by atoms with E-state index in [9.17, 15) is 29.3 Å². The van der Waals surface area contributed by atoms with Crippen LogP contribution in [0.2, 0.25) is 0 Å². The maximum absolute atomic E-state index is 13.2. The number of phosphoric acid groups is 1. The van der Waals surface area contributed by atoms with Crippen molar-refractivity contribution in [3.63, 3.8) is 0 Å². The summed E-state index contributed by atoms with van der Waals surface area (Å²) in [6.07, 6.45) is -4.78. The molecule has 38 heavy (non-hydrogen) atoms. The van der Waals surface area contributed by atoms with Gasteiger partial charge in [-0.05, 0) is 6.92 Å². The monoisotopic (exact) mass is 553 g/mol. The maximum atomic E-state index is 13.2. The summed E-state index contributed by atoms with van der Waals surface area (Å²) in [6, 6.07) is 0. The Bertz CT molecular complexity index is 1570. The summed E-state index contributed by atoms with van der Waals surface area (Å²) in [5.41, 5.74) is 5.40. The predicted molar refractivity (Wildman–Crippen MR) is 124 cm³/mol. The van der Waals surface area contributed by atoms with Crippen LogP contribution in [0.25, 0.3) is 11.2 Å². The zero-order valence-corrected chi connectivity index (χ0v) is 20.7. The third-order valence-corrected chi connectivity index (χ3v) is 7.87. The second kappa shape index (κ2) is 9.03. The number of aromatic nitrogens is 6. The van der Waals surface area contributed by atoms with Gasteiger partial charge in [-0.3, -0.25) is 28.0 Å². The first-order valence-electron chi connectivity index (χ1n) is 11.7. The summed E-state index contributed by atoms with van der Waals surface area (Å²) in [5.74, 6) is 0.237. The molecule has 0 aromatic carbocycles. The van der Waals surface area contributed by atoms with Gasteiger partial charge in [-0.1, -0.05) is 0 Å². The Balaban J connectivity index is 1.27. The van der Waals surface area contributed by atoms with Gasteiger partial charge in [0.15, 0.2) is 23.1 Å². The van der Waals surface area contributed by atoms with E-state index >= 15 is 0 Å². The summed E-state index contributed by atoms with van der Waals surface area (Å²) in [5, 5.41) is 20.3. The third-order valence-electron chi connectivity index (χ3n) is 6.84. The second-order valence-electron chi connectivity index (χ2n) is 9.29. The molecule has 4 unspecified atom stereocenters. The molecule has 0 radical (unpaired) electrons. The van der Waals surface area contributed by atoms with E-state index in [0.29, 0.717) is 5.65 Å². The molecule has 0 saturated carbocycles. The number of hydrogen-bond donors (Lipinski definition) is 5. The molecule has 2 bridgehead atoms. The number of H-pyrrole nitrogens is 1. The predicted octanol–water partition coefficient (Wildman–Crippen LogP) is -1.25. The van der Waals surface area contributed by atoms with E-state index < -0.39 is 68.7 Å². The van der Waals surface area contributed by atoms with Crippen LogP contribution in [0.5, 0.6) is 0 Å². The molecule has 2 fully saturated rings. The van der Waals surface area contributed by atoms with Crippen molar-refractivity contribution in [1.82, 2.24) is 29.1 Å². The SMILES string of the molecule is Cc1cn(C2CC(OP(=O)(O)O[C@@H]3c4nc5c(N)ncnc5n4[C@H]4C[C@H](O)[C@@H]3O4)C(CO)O2)c(=O)[nH]c1=O. The molecule has 6 rings (SSSR count). The number of imidazole rings is 1. The minimum absolute atomic E-state index is 0.0863. The van der Waals surface area contributed by atoms with E-state index in [1.165, 1.54) is 24.0 Å². The van der Waals surface area contributed by atoms with Crippen molar-refractivity contribution in [3.05, 3.63) is 44.8 Å². The van der Waals surface area contributed by atoms with Crippen LogP contribution in [0, 0.1) is 6.92 Å². The number of hydrogen-bond acceptors (Lipinski definition) is 13. The summed E-state index contributed by atoms with van der Waals surface area (Å²) in [4.78, 5) is 49.4. The minimum atomic E-state index is -4.93. The molecule has 17 nitrogen and oxygen atoms in total. The van der Waals surface area contributed by atoms with E-state index in [1.54, 1.807) is 0 Å². The van der Waals surface area contributed by atoms with Crippen LogP contribution in [-0.2, 0) is 23.1 Å². The number of aliphatic hydroxyl groups excluding tert-OH is 2. The van der Waals surface area contributed by atoms with Crippen molar-refractivity contribution >= 4 is 24.8 Å². The molecular formula is C20H24N7O10P. The highest BCUT2D eigenvalue weighted by molar-refractivity contribution is 7.47. The van der Waals surface area contributed by atoms with Gasteiger partial charge in [-0.15, -0.1) is 0 Å². The number of nitrogens with zero attached hydrogens (tertiary/aromatic N) is 5. The number of aliphatic hydroxyl groups is 2. The lowest BCUT2D eigenvalue weighted by atomic mass is 10.1. The Morgan fingerprint density at radius 1 is 1.24 bits per heavy atom. The second-order valence-corrected chi connectivity index (χ2v) is 10.7. The summed E-state index contributed by atoms with van der Waals surface area (Å²) < 4.78 is 38.3. The average molecular weight is 553 g/mol. The molecule has 0 aliphatic carbocycles. The smallest absolute Gasteiger partial charge is 0.394 e. The van der Waals surface area contributed by atoms with Gasteiger partial charge in [0.25, 0.3) is 5.56 Å². The summed E-state index contributed by atoms with van der Waals surface area (Å²) in [7, 11) is -4.93. The Labute approximate surface area is 212 Å². The lowest BCUT2D eigenvalue weighted by molar-refractivity contribution is -0.111. The first-order chi connectivity index (χ1) is 18.1. The number of fused-ring (bicyclic) bond motifs is 6. The van der Waals surface area contributed by atoms with Crippen molar-refractivity contribution in [2.24, 2.45) is 0 Å². The van der Waals surface area contributed by atoms with Crippen molar-refractivity contribution < 1.29 is 38.2 Å². The lowest BCUT2D eigenvalue weighted by Gasteiger charge is -2.32. The lowest BCUT2D eigenvalue weighted by Crippen LogP contribution is -2.35. The van der Waals surface area contributed by atoms with Gasteiger partial charge in [-0.25, -0.2) is 24.3 Å². The number of nitrogens with two attached hydrogens (primary N) is 1. The van der Waals surface area contributed by atoms with Gasteiger partial charge >= 0.3 is 13.5 Å². The van der Waals surface area contributed by atoms with Gasteiger partial charge in [-0.2, -0.15) is 0 Å². The number of ether oxygens (including phenoxy) is 2. The average Bonchev–Trinajstić information content (AvgIpc) is 3.53. The summed E-state index contributed by atoms with van der Waals surface area (Å²) in [6.45, 7) is 0.902. The molecule has 3 aromatic rings. The quantitative estimate of drug-likeness (QED) is 0.224. The Kier molecular flexibility index (Phi) is 6.00. The number of nitrogens with one attached hydrogen (secondary N) is 1. The number of rotatable bonds is 6. The molecule has 0 spiro atoms. The van der Waals surface area contributed by atoms with E-state index in [4.69, 9.17) is 24.3 Å². The van der Waals surface area contributed by atoms with E-state index in [-0.39, 0.29) is 35.6 Å². The fourth-order valence-corrected chi connectivity index (χ4v) is 6.19. The van der Waals surface area contributed by atoms with Crippen LogP contribution >= 0.6 is 7.82 Å². The molecule has 3 aromatic heterocycles. The minimum Gasteiger partial charge on any atom is -0.394 e. The van der Waals surface area contributed by atoms with Gasteiger partial charge in [0, 0.05) is 24.6 Å². The molecule has 8 atom stereocenters. The molecule has 3 aliphatic rings. The Morgan fingerprint density at radius 2 is 2.03 bits per heavy atom. The number of phosphoric ester groups is 1. The number of anilines is 1. The standard InChI is InChI=1S/C20H24N7O10P/c1-7-4-26(20(31)25-19(7)30)11-3-9(10(5-28)34-11)36-38(32,33)37-15-14-8(29)2-12(35-14)27-17-13(24-18(15)27)16(21)22-6-23-17/h4,6,8-12,14-15,28-29H,2-3,5H2,1H3,(H,32,33)(H2,21,22,23)(H,25,30,31)/t8-,9?,10?,11?,12+,14-,15-/m0/s1. The zero-order chi connectivity index (χ0) is 26.9. The molecule has 6 N–H and O–H groups in total. The van der Waals surface area contributed by atoms with Crippen molar-refractivity contribution in [1.29, 1.82) is 0 Å². The number of nitrogen functional groups attached to an aromatic ring is 1. The highest BCUT2D eigenvalue weighted by Crippen LogP contribution is 2.56. The molecule has 3 aliphatic heterocycles. The van der Waals surface area contributed by atoms with Gasteiger partial charge < -0.3 is 30.3 Å². The van der Waals surface area contributed by atoms with Gasteiger partial charge in [0.05, 0.1) is 12.7 Å². The molecule has 0 amide bonds. The fraction of sp³-hybridized carbons (Fsp3) is 0.550. The van der Waals surface area contributed by atoms with Crippen molar-refractivity contribution in [3.8, 4) is 0 Å². The van der Waals surface area contributed by atoms with Crippen molar-refractivity contribution in [2.45, 2.75) is 62.7 Å². The van der Waals surface area contributed by atoms with Crippen LogP contribution in [0.1, 0.15) is 42.8 Å². The largest absolute Gasteiger partial charge is 0.473 e. The maximum Gasteiger partial charge on any atom is 0.473 e. The highest BCUT2D eigenvalue weighted by Gasteiger charge is 2.52. The Hall–Kier alpha value is -3.02. The first-order valence-corrected chi connectivity index (χ1v) is 13.2. The van der Waals surface area contributed by atoms with E-state index in [0.717, 1.165) is 4.57 Å². The zero-order valence-electron chi connectivity index (χ0n) is 19.8. The van der Waals surface area contributed by atoms with Crippen LogP contribution in [0.15, 0.2) is 22.1 Å². The fourth-order valence-electron chi connectivity index (χ4n) is 5.08. The number of aromatic amines is 1. The normalized spacial score (nSPS) is 31.9. The summed E-state index contributed by atoms with van der Waals surface area (Å²) >= 11 is 0. The van der Waals surface area contributed by atoms with Crippen LogP contribution in [0.3, 0.4) is 0 Å². The van der Waals surface area contributed by atoms with E-state index in [2.05, 4.69) is 19.9 Å². The molecular weight excluding hydrogens is 529 g/mol. The van der Waals surface area contributed by atoms with Gasteiger partial charge in [0.1, 0.15) is 42.9 Å². The third kappa shape index (κ3) is 4.07. The van der Waals surface area contributed by atoms with Crippen LogP contribution in [0.4, 0.5) is 5.82 Å². The van der Waals surface area contributed by atoms with E-state index in [1.807, 2.05) is 0 Å².